The minimum atomic E-state index is -3.73. The summed E-state index contributed by atoms with van der Waals surface area (Å²) in [5, 5.41) is 18.1. The Morgan fingerprint density at radius 2 is 2.00 bits per heavy atom. The third kappa shape index (κ3) is 3.81. The molecule has 0 aliphatic rings. The molecule has 2 unspecified atom stereocenters. The lowest BCUT2D eigenvalue weighted by Crippen LogP contribution is -2.35. The number of benzene rings is 1. The maximum absolute atomic E-state index is 12.1. The van der Waals surface area contributed by atoms with E-state index in [1.807, 2.05) is 6.07 Å². The molecule has 0 bridgehead atoms. The van der Waals surface area contributed by atoms with Crippen molar-refractivity contribution in [1.82, 2.24) is 4.72 Å². The van der Waals surface area contributed by atoms with Crippen LogP contribution in [0.2, 0.25) is 0 Å². The van der Waals surface area contributed by atoms with E-state index in [0.29, 0.717) is 6.42 Å². The van der Waals surface area contributed by atoms with E-state index in [1.165, 1.54) is 12.1 Å². The van der Waals surface area contributed by atoms with Gasteiger partial charge in [-0.05, 0) is 32.4 Å². The van der Waals surface area contributed by atoms with E-state index < -0.39 is 22.2 Å². The van der Waals surface area contributed by atoms with Crippen LogP contribution in [0.25, 0.3) is 0 Å². The highest BCUT2D eigenvalue weighted by atomic mass is 32.2. The number of nitrogens with one attached hydrogen (secondary N) is 1. The molecule has 0 heterocycles. The van der Waals surface area contributed by atoms with Crippen molar-refractivity contribution < 1.29 is 13.5 Å². The SMILES string of the molecule is CC(O)CC(C)NS(=O)(=O)c1ccccc1C#N. The average Bonchev–Trinajstić information content (AvgIpc) is 2.27. The van der Waals surface area contributed by atoms with E-state index >= 15 is 0 Å². The lowest BCUT2D eigenvalue weighted by Gasteiger charge is -2.16. The molecule has 0 aromatic heterocycles. The van der Waals surface area contributed by atoms with Gasteiger partial charge < -0.3 is 5.11 Å². The van der Waals surface area contributed by atoms with Crippen LogP contribution in [0.1, 0.15) is 25.8 Å². The van der Waals surface area contributed by atoms with Crippen molar-refractivity contribution >= 4 is 10.0 Å². The van der Waals surface area contributed by atoms with Crippen molar-refractivity contribution in [3.8, 4) is 6.07 Å². The zero-order chi connectivity index (χ0) is 13.8. The Morgan fingerprint density at radius 3 is 2.56 bits per heavy atom. The molecule has 2 N–H and O–H groups in total. The van der Waals surface area contributed by atoms with Crippen LogP contribution in [0.5, 0.6) is 0 Å². The summed E-state index contributed by atoms with van der Waals surface area (Å²) < 4.78 is 26.6. The molecule has 0 aliphatic carbocycles. The van der Waals surface area contributed by atoms with Gasteiger partial charge in [0.2, 0.25) is 10.0 Å². The molecule has 0 amide bonds. The van der Waals surface area contributed by atoms with Crippen LogP contribution in [-0.2, 0) is 10.0 Å². The molecule has 98 valence electrons. The summed E-state index contributed by atoms with van der Waals surface area (Å²) in [4.78, 5) is -0.0371. The minimum Gasteiger partial charge on any atom is -0.393 e. The van der Waals surface area contributed by atoms with Crippen molar-refractivity contribution in [2.45, 2.75) is 37.3 Å². The molecule has 0 saturated carbocycles. The van der Waals surface area contributed by atoms with Crippen molar-refractivity contribution in [1.29, 1.82) is 5.26 Å². The lowest BCUT2D eigenvalue weighted by molar-refractivity contribution is 0.175. The molecule has 1 rings (SSSR count). The fraction of sp³-hybridized carbons (Fsp3) is 0.417. The van der Waals surface area contributed by atoms with Crippen LogP contribution >= 0.6 is 0 Å². The number of nitrogens with zero attached hydrogens (tertiary/aromatic N) is 1. The van der Waals surface area contributed by atoms with Gasteiger partial charge in [-0.15, -0.1) is 0 Å². The Hall–Kier alpha value is -1.42. The highest BCUT2D eigenvalue weighted by Crippen LogP contribution is 2.15. The van der Waals surface area contributed by atoms with Gasteiger partial charge in [-0.25, -0.2) is 13.1 Å². The van der Waals surface area contributed by atoms with Gasteiger partial charge in [-0.2, -0.15) is 5.26 Å². The van der Waals surface area contributed by atoms with Gasteiger partial charge in [0.15, 0.2) is 0 Å². The van der Waals surface area contributed by atoms with Crippen LogP contribution in [0, 0.1) is 11.3 Å². The Bertz CT molecular complexity index is 547. The highest BCUT2D eigenvalue weighted by molar-refractivity contribution is 7.89. The van der Waals surface area contributed by atoms with Gasteiger partial charge in [0.05, 0.1) is 16.6 Å². The number of nitriles is 1. The lowest BCUT2D eigenvalue weighted by atomic mass is 10.2. The number of hydrogen-bond donors (Lipinski definition) is 2. The molecule has 6 heteroatoms. The Balaban J connectivity index is 2.97. The minimum absolute atomic E-state index is 0.0371. The maximum atomic E-state index is 12.1. The van der Waals surface area contributed by atoms with Crippen LogP contribution in [0.3, 0.4) is 0 Å². The fourth-order valence-corrected chi connectivity index (χ4v) is 3.10. The second-order valence-corrected chi connectivity index (χ2v) is 5.90. The summed E-state index contributed by atoms with van der Waals surface area (Å²) in [5.41, 5.74) is 0.106. The fourth-order valence-electron chi connectivity index (χ4n) is 1.68. The molecular weight excluding hydrogens is 252 g/mol. The van der Waals surface area contributed by atoms with Crippen molar-refractivity contribution in [3.63, 3.8) is 0 Å². The van der Waals surface area contributed by atoms with Gasteiger partial charge in [-0.3, -0.25) is 0 Å². The van der Waals surface area contributed by atoms with Gasteiger partial charge >= 0.3 is 0 Å². The Morgan fingerprint density at radius 1 is 1.39 bits per heavy atom. The van der Waals surface area contributed by atoms with E-state index in [0.717, 1.165) is 0 Å². The molecule has 0 spiro atoms. The van der Waals surface area contributed by atoms with Gasteiger partial charge in [-0.1, -0.05) is 12.1 Å². The third-order valence-corrected chi connectivity index (χ3v) is 4.00. The van der Waals surface area contributed by atoms with E-state index in [-0.39, 0.29) is 10.5 Å². The van der Waals surface area contributed by atoms with Gasteiger partial charge in [0.25, 0.3) is 0 Å². The standard InChI is InChI=1S/C12H16N2O3S/c1-9(7-10(2)15)14-18(16,17)12-6-4-3-5-11(12)8-13/h3-6,9-10,14-15H,7H2,1-2H3. The van der Waals surface area contributed by atoms with E-state index in [1.54, 1.807) is 26.0 Å². The first kappa shape index (κ1) is 14.6. The smallest absolute Gasteiger partial charge is 0.242 e. The van der Waals surface area contributed by atoms with Crippen LogP contribution in [0.4, 0.5) is 0 Å². The molecule has 0 fully saturated rings. The summed E-state index contributed by atoms with van der Waals surface area (Å²) in [7, 11) is -3.73. The number of hydrogen-bond acceptors (Lipinski definition) is 4. The van der Waals surface area contributed by atoms with Gasteiger partial charge in [0.1, 0.15) is 6.07 Å². The van der Waals surface area contributed by atoms with Crippen LogP contribution < -0.4 is 4.72 Å². The summed E-state index contributed by atoms with van der Waals surface area (Å²) in [6, 6.07) is 7.46. The predicted molar refractivity (Wildman–Crippen MR) is 67.2 cm³/mol. The first-order valence-electron chi connectivity index (χ1n) is 5.56. The number of aliphatic hydroxyl groups is 1. The van der Waals surface area contributed by atoms with Crippen molar-refractivity contribution in [3.05, 3.63) is 29.8 Å². The summed E-state index contributed by atoms with van der Waals surface area (Å²) in [5.74, 6) is 0. The molecule has 2 atom stereocenters. The first-order chi connectivity index (χ1) is 8.36. The van der Waals surface area contributed by atoms with E-state index in [9.17, 15) is 13.5 Å². The molecular formula is C12H16N2O3S. The zero-order valence-electron chi connectivity index (χ0n) is 10.3. The summed E-state index contributed by atoms with van der Waals surface area (Å²) >= 11 is 0. The highest BCUT2D eigenvalue weighted by Gasteiger charge is 2.21. The van der Waals surface area contributed by atoms with Crippen molar-refractivity contribution in [2.75, 3.05) is 0 Å². The largest absolute Gasteiger partial charge is 0.393 e. The normalized spacial score (nSPS) is 14.8. The molecule has 1 aromatic rings. The van der Waals surface area contributed by atoms with Gasteiger partial charge in [0, 0.05) is 6.04 Å². The molecule has 5 nitrogen and oxygen atoms in total. The molecule has 0 saturated heterocycles. The number of sulfonamides is 1. The topological polar surface area (TPSA) is 90.2 Å². The average molecular weight is 268 g/mol. The number of rotatable bonds is 5. The third-order valence-electron chi connectivity index (χ3n) is 2.35. The Labute approximate surface area is 107 Å². The van der Waals surface area contributed by atoms with Crippen LogP contribution in [-0.4, -0.2) is 25.7 Å². The monoisotopic (exact) mass is 268 g/mol. The molecule has 0 radical (unpaired) electrons. The Kier molecular flexibility index (Phi) is 4.84. The van der Waals surface area contributed by atoms with Crippen LogP contribution in [0.15, 0.2) is 29.2 Å². The summed E-state index contributed by atoms with van der Waals surface area (Å²) in [6.45, 7) is 3.26. The quantitative estimate of drug-likeness (QED) is 0.833. The molecule has 1 aromatic carbocycles. The van der Waals surface area contributed by atoms with E-state index in [4.69, 9.17) is 5.26 Å². The second kappa shape index (κ2) is 5.96. The summed E-state index contributed by atoms with van der Waals surface area (Å²) in [6.07, 6.45) is -0.276. The zero-order valence-corrected chi connectivity index (χ0v) is 11.1. The second-order valence-electron chi connectivity index (χ2n) is 4.22. The number of aliphatic hydroxyl groups excluding tert-OH is 1. The predicted octanol–water partition coefficient (Wildman–Crippen LogP) is 0.996. The van der Waals surface area contributed by atoms with E-state index in [2.05, 4.69) is 4.72 Å². The first-order valence-corrected chi connectivity index (χ1v) is 7.04. The molecule has 0 aliphatic heterocycles. The van der Waals surface area contributed by atoms with Crippen molar-refractivity contribution in [2.24, 2.45) is 0 Å². The molecule has 18 heavy (non-hydrogen) atoms. The maximum Gasteiger partial charge on any atom is 0.242 e.